The summed E-state index contributed by atoms with van der Waals surface area (Å²) < 4.78 is 36.4. The van der Waals surface area contributed by atoms with Crippen LogP contribution in [0.4, 0.5) is 0 Å². The monoisotopic (exact) mass is 363 g/mol. The van der Waals surface area contributed by atoms with Crippen molar-refractivity contribution < 1.29 is 22.1 Å². The maximum atomic E-state index is 13.2. The molecular weight excluding hydrogens is 342 g/mol. The van der Waals surface area contributed by atoms with Gasteiger partial charge in [0.15, 0.2) is 5.60 Å². The van der Waals surface area contributed by atoms with E-state index in [4.69, 9.17) is 8.92 Å². The second-order valence-electron chi connectivity index (χ2n) is 5.24. The number of carbonyl (C=O) groups excluding carboxylic acids is 1. The molecule has 0 fully saturated rings. The van der Waals surface area contributed by atoms with Crippen LogP contribution >= 0.6 is 0 Å². The largest absolute Gasteiger partial charge is 0.360 e. The molecule has 1 atom stereocenters. The number of carbonyl (C=O) groups is 1. The van der Waals surface area contributed by atoms with Gasteiger partial charge in [0.25, 0.3) is 0 Å². The Morgan fingerprint density at radius 1 is 1.04 bits per heavy atom. The van der Waals surface area contributed by atoms with Crippen LogP contribution in [-0.2, 0) is 24.8 Å². The van der Waals surface area contributed by atoms with Crippen LogP contribution in [0.25, 0.3) is 0 Å². The van der Waals surface area contributed by atoms with Crippen molar-refractivity contribution in [2.24, 2.45) is 0 Å². The average molecular weight is 363 g/mol. The summed E-state index contributed by atoms with van der Waals surface area (Å²) in [5.41, 5.74) is -0.636. The molecule has 0 bridgehead atoms. The lowest BCUT2D eigenvalue weighted by Crippen LogP contribution is -2.45. The third-order valence-corrected chi connectivity index (χ3v) is 4.63. The minimum atomic E-state index is -3.98. The average Bonchev–Trinajstić information content (AvgIpc) is 2.66. The van der Waals surface area contributed by atoms with E-state index >= 15 is 0 Å². The fraction of sp³-hybridized carbons (Fsp3) is 0.278. The van der Waals surface area contributed by atoms with E-state index in [1.54, 1.807) is 67.6 Å². The smallest absolute Gasteiger partial charge is 0.335 e. The van der Waals surface area contributed by atoms with Crippen molar-refractivity contribution in [1.29, 1.82) is 0 Å². The van der Waals surface area contributed by atoms with Crippen LogP contribution in [0.15, 0.2) is 60.7 Å². The van der Waals surface area contributed by atoms with Gasteiger partial charge in [-0.05, 0) is 12.5 Å². The summed E-state index contributed by atoms with van der Waals surface area (Å²) in [5, 5.41) is 0. The summed E-state index contributed by atoms with van der Waals surface area (Å²) in [6.45, 7) is 1.47. The highest BCUT2D eigenvalue weighted by Crippen LogP contribution is 2.31. The molecule has 0 amide bonds. The predicted molar refractivity (Wildman–Crippen MR) is 94.5 cm³/mol. The first-order chi connectivity index (χ1) is 11.9. The quantitative estimate of drug-likeness (QED) is 0.691. The Hall–Kier alpha value is -2.06. The van der Waals surface area contributed by atoms with Gasteiger partial charge in [0.2, 0.25) is 5.78 Å². The van der Waals surface area contributed by atoms with Crippen molar-refractivity contribution in [3.8, 4) is 0 Å². The summed E-state index contributed by atoms with van der Waals surface area (Å²) in [6.07, 6.45) is 0. The number of rotatable bonds is 9. The molecule has 7 heteroatoms. The first-order valence-corrected chi connectivity index (χ1v) is 9.23. The van der Waals surface area contributed by atoms with E-state index in [1.807, 2.05) is 0 Å². The van der Waals surface area contributed by atoms with Crippen LogP contribution in [0.1, 0.15) is 22.8 Å². The Labute approximate surface area is 148 Å². The van der Waals surface area contributed by atoms with Crippen LogP contribution < -0.4 is 4.72 Å². The molecule has 25 heavy (non-hydrogen) atoms. The summed E-state index contributed by atoms with van der Waals surface area (Å²) in [7, 11) is -2.74. The third-order valence-electron chi connectivity index (χ3n) is 3.70. The van der Waals surface area contributed by atoms with Gasteiger partial charge in [-0.3, -0.25) is 8.98 Å². The first kappa shape index (κ1) is 19.3. The molecule has 0 aliphatic rings. The number of benzene rings is 2. The van der Waals surface area contributed by atoms with Gasteiger partial charge in [-0.15, -0.1) is 0 Å². The van der Waals surface area contributed by atoms with Crippen molar-refractivity contribution in [1.82, 2.24) is 4.72 Å². The minimum absolute atomic E-state index is 0.205. The zero-order valence-corrected chi connectivity index (χ0v) is 15.0. The van der Waals surface area contributed by atoms with Gasteiger partial charge in [0.1, 0.15) is 6.61 Å². The van der Waals surface area contributed by atoms with E-state index < -0.39 is 22.5 Å². The van der Waals surface area contributed by atoms with Gasteiger partial charge < -0.3 is 4.74 Å². The lowest BCUT2D eigenvalue weighted by molar-refractivity contribution is -0.0481. The molecule has 0 spiro atoms. The first-order valence-electron chi connectivity index (χ1n) is 7.82. The van der Waals surface area contributed by atoms with Crippen LogP contribution in [0.5, 0.6) is 0 Å². The van der Waals surface area contributed by atoms with E-state index in [2.05, 4.69) is 4.72 Å². The Morgan fingerprint density at radius 2 is 1.60 bits per heavy atom. The molecule has 0 aromatic heterocycles. The van der Waals surface area contributed by atoms with Crippen molar-refractivity contribution in [2.45, 2.75) is 12.5 Å². The summed E-state index contributed by atoms with van der Waals surface area (Å²) >= 11 is 0. The molecule has 134 valence electrons. The molecule has 1 unspecified atom stereocenters. The summed E-state index contributed by atoms with van der Waals surface area (Å²) in [6, 6.07) is 17.3. The normalized spacial score (nSPS) is 14.0. The number of nitrogens with one attached hydrogen (secondary N) is 1. The molecule has 6 nitrogen and oxygen atoms in total. The highest BCUT2D eigenvalue weighted by molar-refractivity contribution is 7.84. The second-order valence-corrected chi connectivity index (χ2v) is 6.79. The van der Waals surface area contributed by atoms with Gasteiger partial charge in [0, 0.05) is 19.2 Å². The molecule has 1 N–H and O–H groups in total. The van der Waals surface area contributed by atoms with E-state index in [9.17, 15) is 13.2 Å². The maximum absolute atomic E-state index is 13.2. The molecule has 2 aromatic rings. The molecule has 0 radical (unpaired) electrons. The van der Waals surface area contributed by atoms with E-state index in [1.165, 1.54) is 7.05 Å². The van der Waals surface area contributed by atoms with Crippen molar-refractivity contribution in [2.75, 3.05) is 20.3 Å². The van der Waals surface area contributed by atoms with E-state index in [0.717, 1.165) is 0 Å². The van der Waals surface area contributed by atoms with Gasteiger partial charge in [0.05, 0.1) is 0 Å². The highest BCUT2D eigenvalue weighted by atomic mass is 32.2. The number of hydrogen-bond donors (Lipinski definition) is 1. The van der Waals surface area contributed by atoms with Crippen LogP contribution in [0.3, 0.4) is 0 Å². The second kappa shape index (κ2) is 8.35. The molecule has 0 saturated carbocycles. The van der Waals surface area contributed by atoms with E-state index in [-0.39, 0.29) is 12.4 Å². The van der Waals surface area contributed by atoms with Crippen LogP contribution in [0.2, 0.25) is 0 Å². The minimum Gasteiger partial charge on any atom is -0.360 e. The molecule has 0 saturated heterocycles. The number of Topliss-reactive ketones (excluding diaryl/α,β-unsaturated/α-hetero) is 1. The Bertz CT molecular complexity index is 793. The fourth-order valence-corrected chi connectivity index (χ4v) is 2.91. The zero-order chi connectivity index (χ0) is 18.3. The molecule has 2 aromatic carbocycles. The molecule has 0 aliphatic heterocycles. The molecule has 2 rings (SSSR count). The van der Waals surface area contributed by atoms with Gasteiger partial charge >= 0.3 is 10.3 Å². The van der Waals surface area contributed by atoms with Gasteiger partial charge in [-0.25, -0.2) is 0 Å². The fourth-order valence-electron chi connectivity index (χ4n) is 2.47. The number of ether oxygens (including phenoxy) is 1. The highest BCUT2D eigenvalue weighted by Gasteiger charge is 2.43. The topological polar surface area (TPSA) is 81.7 Å². The lowest BCUT2D eigenvalue weighted by atomic mass is 9.86. The van der Waals surface area contributed by atoms with E-state index in [0.29, 0.717) is 11.1 Å². The Balaban J connectivity index is 2.53. The Morgan fingerprint density at radius 3 is 2.12 bits per heavy atom. The SMILES string of the molecule is CCOC(COS(=O)(=O)NC)(C(=O)c1ccccc1)c1ccccc1. The third kappa shape index (κ3) is 4.52. The zero-order valence-electron chi connectivity index (χ0n) is 14.1. The standard InChI is InChI=1S/C18H21NO5S/c1-3-23-18(14-24-25(21,22)19-2,16-12-8-5-9-13-16)17(20)15-10-6-4-7-11-15/h4-13,19H,3,14H2,1-2H3. The molecule has 0 heterocycles. The van der Waals surface area contributed by atoms with Gasteiger partial charge in [-0.1, -0.05) is 60.7 Å². The maximum Gasteiger partial charge on any atom is 0.335 e. The molecule has 0 aliphatic carbocycles. The van der Waals surface area contributed by atoms with Crippen LogP contribution in [-0.4, -0.2) is 34.5 Å². The van der Waals surface area contributed by atoms with Crippen molar-refractivity contribution in [3.63, 3.8) is 0 Å². The number of hydrogen-bond acceptors (Lipinski definition) is 5. The summed E-state index contributed by atoms with van der Waals surface area (Å²) in [4.78, 5) is 13.2. The van der Waals surface area contributed by atoms with Crippen molar-refractivity contribution >= 4 is 16.1 Å². The predicted octanol–water partition coefficient (Wildman–Crippen LogP) is 2.28. The Kier molecular flexibility index (Phi) is 6.44. The molecular formula is C18H21NO5S. The summed E-state index contributed by atoms with van der Waals surface area (Å²) in [5.74, 6) is -0.368. The van der Waals surface area contributed by atoms with Gasteiger partial charge in [-0.2, -0.15) is 13.1 Å². The lowest BCUT2D eigenvalue weighted by Gasteiger charge is -2.32. The number of ketones is 1. The van der Waals surface area contributed by atoms with Crippen molar-refractivity contribution in [3.05, 3.63) is 71.8 Å². The van der Waals surface area contributed by atoms with Crippen LogP contribution in [0, 0.1) is 0 Å².